The van der Waals surface area contributed by atoms with Gasteiger partial charge in [-0.25, -0.2) is 8.42 Å². The lowest BCUT2D eigenvalue weighted by atomic mass is 9.88. The van der Waals surface area contributed by atoms with Gasteiger partial charge in [0.05, 0.1) is 10.5 Å². The Hall–Kier alpha value is -0.580. The number of hydrogen-bond acceptors (Lipinski definition) is 3. The summed E-state index contributed by atoms with van der Waals surface area (Å²) in [6, 6.07) is 0. The molecular weight excluding hydrogens is 262 g/mol. The van der Waals surface area contributed by atoms with E-state index in [1.165, 1.54) is 0 Å². The van der Waals surface area contributed by atoms with Crippen LogP contribution in [-0.2, 0) is 14.6 Å². The van der Waals surface area contributed by atoms with E-state index >= 15 is 0 Å². The summed E-state index contributed by atoms with van der Waals surface area (Å²) in [5.74, 6) is 0.914. The number of amides is 1. The van der Waals surface area contributed by atoms with Gasteiger partial charge in [-0.15, -0.1) is 0 Å². The lowest BCUT2D eigenvalue weighted by Crippen LogP contribution is -2.29. The molecule has 2 fully saturated rings. The fraction of sp³-hybridized carbons (Fsp3) is 0.929. The molecule has 4 unspecified atom stereocenters. The fourth-order valence-electron chi connectivity index (χ4n) is 3.53. The molecular formula is C14H25NO3S. The van der Waals surface area contributed by atoms with Gasteiger partial charge in [0.1, 0.15) is 0 Å². The molecule has 2 heterocycles. The fourth-order valence-corrected chi connectivity index (χ4v) is 6.28. The summed E-state index contributed by atoms with van der Waals surface area (Å²) in [4.78, 5) is 11.2. The van der Waals surface area contributed by atoms with Crippen LogP contribution in [0.3, 0.4) is 0 Å². The first-order chi connectivity index (χ1) is 8.82. The summed E-state index contributed by atoms with van der Waals surface area (Å²) in [7, 11) is -2.97. The van der Waals surface area contributed by atoms with E-state index in [0.29, 0.717) is 31.2 Å². The molecule has 19 heavy (non-hydrogen) atoms. The molecule has 4 nitrogen and oxygen atoms in total. The summed E-state index contributed by atoms with van der Waals surface area (Å²) in [5.41, 5.74) is 0. The van der Waals surface area contributed by atoms with Crippen molar-refractivity contribution in [2.24, 2.45) is 17.8 Å². The number of rotatable bonds is 4. The Morgan fingerprint density at radius 1 is 1.26 bits per heavy atom. The van der Waals surface area contributed by atoms with E-state index in [4.69, 9.17) is 0 Å². The first-order valence-corrected chi connectivity index (χ1v) is 8.92. The van der Waals surface area contributed by atoms with Crippen molar-refractivity contribution in [3.05, 3.63) is 0 Å². The molecule has 2 aliphatic rings. The predicted octanol–water partition coefficient (Wildman–Crippen LogP) is 1.75. The van der Waals surface area contributed by atoms with Crippen molar-refractivity contribution in [3.63, 3.8) is 0 Å². The predicted molar refractivity (Wildman–Crippen MR) is 75.5 cm³/mol. The van der Waals surface area contributed by atoms with E-state index in [2.05, 4.69) is 12.2 Å². The Morgan fingerprint density at radius 3 is 2.42 bits per heavy atom. The molecule has 1 amide bonds. The minimum Gasteiger partial charge on any atom is -0.356 e. The molecule has 0 radical (unpaired) electrons. The van der Waals surface area contributed by atoms with Gasteiger partial charge in [0.15, 0.2) is 9.84 Å². The zero-order valence-electron chi connectivity index (χ0n) is 12.1. The van der Waals surface area contributed by atoms with Crippen LogP contribution < -0.4 is 5.32 Å². The van der Waals surface area contributed by atoms with Crippen LogP contribution >= 0.6 is 0 Å². The van der Waals surface area contributed by atoms with Gasteiger partial charge in [-0.05, 0) is 37.0 Å². The molecule has 5 heteroatoms. The number of sulfone groups is 1. The molecule has 4 atom stereocenters. The summed E-state index contributed by atoms with van der Waals surface area (Å²) in [6.45, 7) is 6.78. The molecule has 0 bridgehead atoms. The van der Waals surface area contributed by atoms with Crippen LogP contribution in [0.2, 0.25) is 0 Å². The minimum atomic E-state index is -2.97. The minimum absolute atomic E-state index is 0.103. The van der Waals surface area contributed by atoms with Crippen molar-refractivity contribution in [1.82, 2.24) is 5.32 Å². The molecule has 0 aliphatic carbocycles. The van der Waals surface area contributed by atoms with Crippen molar-refractivity contribution in [2.75, 3.05) is 6.54 Å². The van der Waals surface area contributed by atoms with Gasteiger partial charge in [0.25, 0.3) is 0 Å². The highest BCUT2D eigenvalue weighted by molar-refractivity contribution is 7.92. The lowest BCUT2D eigenvalue weighted by molar-refractivity contribution is -0.119. The van der Waals surface area contributed by atoms with Crippen molar-refractivity contribution in [3.8, 4) is 0 Å². The van der Waals surface area contributed by atoms with Crippen LogP contribution in [-0.4, -0.2) is 31.4 Å². The van der Waals surface area contributed by atoms with Crippen molar-refractivity contribution >= 4 is 15.7 Å². The molecule has 0 saturated carbocycles. The van der Waals surface area contributed by atoms with Gasteiger partial charge < -0.3 is 5.32 Å². The first kappa shape index (κ1) is 14.8. The number of hydrogen-bond donors (Lipinski definition) is 1. The highest BCUT2D eigenvalue weighted by Gasteiger charge is 2.43. The second-order valence-electron chi connectivity index (χ2n) is 6.55. The Labute approximate surface area is 116 Å². The molecule has 2 saturated heterocycles. The average molecular weight is 287 g/mol. The Kier molecular flexibility index (Phi) is 4.23. The smallest absolute Gasteiger partial charge is 0.220 e. The monoisotopic (exact) mass is 287 g/mol. The molecule has 2 rings (SSSR count). The second kappa shape index (κ2) is 5.43. The molecule has 2 aliphatic heterocycles. The van der Waals surface area contributed by atoms with Crippen LogP contribution in [0.1, 0.15) is 46.5 Å². The second-order valence-corrected chi connectivity index (χ2v) is 9.00. The lowest BCUT2D eigenvalue weighted by Gasteiger charge is -2.22. The Balaban J connectivity index is 1.98. The molecule has 0 aromatic rings. The van der Waals surface area contributed by atoms with Crippen molar-refractivity contribution in [2.45, 2.75) is 57.0 Å². The highest BCUT2D eigenvalue weighted by atomic mass is 32.2. The van der Waals surface area contributed by atoms with Crippen LogP contribution in [0, 0.1) is 17.8 Å². The summed E-state index contributed by atoms with van der Waals surface area (Å²) < 4.78 is 24.9. The maximum absolute atomic E-state index is 12.5. The number of carbonyl (C=O) groups excluding carboxylic acids is 1. The van der Waals surface area contributed by atoms with E-state index in [9.17, 15) is 13.2 Å². The zero-order valence-corrected chi connectivity index (χ0v) is 12.9. The van der Waals surface area contributed by atoms with Gasteiger partial charge in [-0.1, -0.05) is 20.8 Å². The largest absolute Gasteiger partial charge is 0.356 e. The molecule has 1 N–H and O–H groups in total. The van der Waals surface area contributed by atoms with E-state index in [1.54, 1.807) is 0 Å². The van der Waals surface area contributed by atoms with Gasteiger partial charge in [-0.3, -0.25) is 4.79 Å². The van der Waals surface area contributed by atoms with E-state index < -0.39 is 9.84 Å². The van der Waals surface area contributed by atoms with Crippen molar-refractivity contribution < 1.29 is 13.2 Å². The molecule has 110 valence electrons. The quantitative estimate of drug-likeness (QED) is 0.857. The van der Waals surface area contributed by atoms with Crippen molar-refractivity contribution in [1.29, 1.82) is 0 Å². The van der Waals surface area contributed by atoms with E-state index in [1.807, 2.05) is 13.8 Å². The third-order valence-electron chi connectivity index (χ3n) is 4.85. The normalized spacial score (nSPS) is 35.6. The van der Waals surface area contributed by atoms with Gasteiger partial charge in [-0.2, -0.15) is 0 Å². The maximum Gasteiger partial charge on any atom is 0.220 e. The zero-order chi connectivity index (χ0) is 14.2. The van der Waals surface area contributed by atoms with E-state index in [-0.39, 0.29) is 22.3 Å². The summed E-state index contributed by atoms with van der Waals surface area (Å²) in [5, 5.41) is 2.49. The van der Waals surface area contributed by atoms with E-state index in [0.717, 1.165) is 12.8 Å². The SMILES string of the molecule is CC(C)C1CCC(CC(C)C2CNC(=O)C2)S1(=O)=O. The molecule has 0 aromatic heterocycles. The Morgan fingerprint density at radius 2 is 1.95 bits per heavy atom. The molecule has 0 aromatic carbocycles. The maximum atomic E-state index is 12.5. The summed E-state index contributed by atoms with van der Waals surface area (Å²) in [6.07, 6.45) is 2.87. The highest BCUT2D eigenvalue weighted by Crippen LogP contribution is 2.37. The van der Waals surface area contributed by atoms with Crippen LogP contribution in [0.4, 0.5) is 0 Å². The van der Waals surface area contributed by atoms with Crippen LogP contribution in [0.5, 0.6) is 0 Å². The number of carbonyl (C=O) groups is 1. The number of nitrogens with one attached hydrogen (secondary N) is 1. The Bertz CT molecular complexity index is 444. The van der Waals surface area contributed by atoms with Gasteiger partial charge in [0.2, 0.25) is 5.91 Å². The first-order valence-electron chi connectivity index (χ1n) is 7.31. The molecule has 0 spiro atoms. The van der Waals surface area contributed by atoms with Gasteiger partial charge in [0, 0.05) is 13.0 Å². The standard InChI is InChI=1S/C14H25NO3S/c1-9(2)13-5-4-12(19(13,17)18)6-10(3)11-7-14(16)15-8-11/h9-13H,4-8H2,1-3H3,(H,15,16). The average Bonchev–Trinajstić information content (AvgIpc) is 2.84. The topological polar surface area (TPSA) is 63.2 Å². The third-order valence-corrected chi connectivity index (χ3v) is 7.83. The third kappa shape index (κ3) is 2.96. The van der Waals surface area contributed by atoms with Crippen LogP contribution in [0.25, 0.3) is 0 Å². The van der Waals surface area contributed by atoms with Crippen LogP contribution in [0.15, 0.2) is 0 Å². The summed E-state index contributed by atoms with van der Waals surface area (Å²) >= 11 is 0. The van der Waals surface area contributed by atoms with Gasteiger partial charge >= 0.3 is 0 Å².